The second-order valence-corrected chi connectivity index (χ2v) is 9.99. The molecule has 1 unspecified atom stereocenters. The summed E-state index contributed by atoms with van der Waals surface area (Å²) < 4.78 is 50.3. The third-order valence-electron chi connectivity index (χ3n) is 5.98. The summed E-state index contributed by atoms with van der Waals surface area (Å²) in [6.45, 7) is 1.99. The molecule has 3 aromatic rings. The maximum absolute atomic E-state index is 15.0. The van der Waals surface area contributed by atoms with E-state index in [2.05, 4.69) is 0 Å². The lowest BCUT2D eigenvalue weighted by atomic mass is 9.88. The van der Waals surface area contributed by atoms with Crippen molar-refractivity contribution in [2.75, 3.05) is 4.31 Å². The van der Waals surface area contributed by atoms with Crippen molar-refractivity contribution in [3.8, 4) is 6.07 Å². The largest absolute Gasteiger partial charge is 0.439 e. The molecule has 6 nitrogen and oxygen atoms in total. The quantitative estimate of drug-likeness (QED) is 0.597. The number of nitrogens with two attached hydrogens (primary N) is 1. The number of allylic oxidation sites excluding steroid dienone is 2. The Hall–Kier alpha value is -4.09. The highest BCUT2D eigenvalue weighted by atomic mass is 32.2. The number of halogens is 1. The standard InChI is InChI=1S/C26H20FN3O3S/c1-16-7-6-8-17(13-16)15-30-22-12-5-3-10-19(22)24-25(34(30,31)32)23(20(14-28)26(29)33-24)18-9-2-4-11-21(18)27/h2-13,23H,15,29H2,1H3. The third-order valence-corrected chi connectivity index (χ3v) is 7.87. The lowest BCUT2D eigenvalue weighted by Crippen LogP contribution is -2.39. The average Bonchev–Trinajstić information content (AvgIpc) is 2.81. The van der Waals surface area contributed by atoms with Gasteiger partial charge in [0.1, 0.15) is 22.4 Å². The lowest BCUT2D eigenvalue weighted by Gasteiger charge is -2.38. The van der Waals surface area contributed by atoms with Crippen molar-refractivity contribution in [2.24, 2.45) is 5.73 Å². The summed E-state index contributed by atoms with van der Waals surface area (Å²) in [5.74, 6) is -2.11. The summed E-state index contributed by atoms with van der Waals surface area (Å²) >= 11 is 0. The van der Waals surface area contributed by atoms with E-state index in [9.17, 15) is 18.1 Å². The molecule has 0 aromatic heterocycles. The Kier molecular flexibility index (Phi) is 5.14. The Balaban J connectivity index is 1.78. The van der Waals surface area contributed by atoms with Gasteiger partial charge in [-0.3, -0.25) is 4.31 Å². The van der Waals surface area contributed by atoms with E-state index in [0.29, 0.717) is 11.3 Å². The van der Waals surface area contributed by atoms with Crippen molar-refractivity contribution in [1.29, 1.82) is 5.26 Å². The number of hydrogen-bond donors (Lipinski definition) is 1. The van der Waals surface area contributed by atoms with Gasteiger partial charge in [-0.1, -0.05) is 60.2 Å². The zero-order valence-corrected chi connectivity index (χ0v) is 19.0. The number of benzene rings is 3. The molecule has 8 heteroatoms. The Bertz CT molecular complexity index is 1540. The van der Waals surface area contributed by atoms with Gasteiger partial charge in [0.25, 0.3) is 10.0 Å². The number of hydrogen-bond acceptors (Lipinski definition) is 5. The molecule has 3 aromatic carbocycles. The summed E-state index contributed by atoms with van der Waals surface area (Å²) in [5.41, 5.74) is 8.66. The van der Waals surface area contributed by atoms with Gasteiger partial charge in [-0.05, 0) is 30.7 Å². The van der Waals surface area contributed by atoms with Crippen LogP contribution in [0.5, 0.6) is 0 Å². The van der Waals surface area contributed by atoms with Crippen molar-refractivity contribution in [3.63, 3.8) is 0 Å². The van der Waals surface area contributed by atoms with Gasteiger partial charge in [-0.2, -0.15) is 5.26 Å². The molecule has 2 aliphatic heterocycles. The smallest absolute Gasteiger partial charge is 0.265 e. The molecule has 0 saturated carbocycles. The SMILES string of the molecule is Cc1cccc(CN2c3ccccc3C3=C(C(c4ccccc4F)C(C#N)=C(N)O3)S2(=O)=O)c1. The molecule has 0 radical (unpaired) electrons. The molecule has 2 aliphatic rings. The van der Waals surface area contributed by atoms with Crippen LogP contribution in [-0.2, 0) is 21.3 Å². The second kappa shape index (κ2) is 8.04. The van der Waals surface area contributed by atoms with Crippen LogP contribution >= 0.6 is 0 Å². The fourth-order valence-electron chi connectivity index (χ4n) is 4.48. The van der Waals surface area contributed by atoms with Crippen LogP contribution in [0.15, 0.2) is 89.2 Å². The fourth-order valence-corrected chi connectivity index (χ4v) is 6.38. The summed E-state index contributed by atoms with van der Waals surface area (Å²) in [5, 5.41) is 9.85. The van der Waals surface area contributed by atoms with Crippen molar-refractivity contribution in [2.45, 2.75) is 19.4 Å². The fraction of sp³-hybridized carbons (Fsp3) is 0.115. The van der Waals surface area contributed by atoms with Crippen LogP contribution in [-0.4, -0.2) is 8.42 Å². The van der Waals surface area contributed by atoms with Crippen LogP contribution in [0.2, 0.25) is 0 Å². The number of anilines is 1. The van der Waals surface area contributed by atoms with Gasteiger partial charge < -0.3 is 10.5 Å². The van der Waals surface area contributed by atoms with E-state index in [-0.39, 0.29) is 34.2 Å². The minimum Gasteiger partial charge on any atom is -0.439 e. The Labute approximate surface area is 197 Å². The number of sulfonamides is 1. The molecule has 0 aliphatic carbocycles. The molecular formula is C26H20FN3O3S. The van der Waals surface area contributed by atoms with E-state index in [1.165, 1.54) is 22.5 Å². The van der Waals surface area contributed by atoms with Gasteiger partial charge in [0.15, 0.2) is 5.76 Å². The molecule has 0 fully saturated rings. The van der Waals surface area contributed by atoms with Crippen LogP contribution in [0.1, 0.15) is 28.2 Å². The van der Waals surface area contributed by atoms with E-state index in [1.54, 1.807) is 30.3 Å². The first-order valence-electron chi connectivity index (χ1n) is 10.6. The highest BCUT2D eigenvalue weighted by molar-refractivity contribution is 7.96. The highest BCUT2D eigenvalue weighted by Gasteiger charge is 2.47. The topological polar surface area (TPSA) is 96.4 Å². The number of nitriles is 1. The monoisotopic (exact) mass is 473 g/mol. The molecule has 0 spiro atoms. The van der Waals surface area contributed by atoms with Crippen molar-refractivity contribution in [3.05, 3.63) is 117 Å². The minimum atomic E-state index is -4.25. The number of aryl methyl sites for hydroxylation is 1. The first-order chi connectivity index (χ1) is 16.3. The summed E-state index contributed by atoms with van der Waals surface area (Å²) in [6.07, 6.45) is 0. The van der Waals surface area contributed by atoms with Gasteiger partial charge in [0.2, 0.25) is 5.88 Å². The Morgan fingerprint density at radius 2 is 1.82 bits per heavy atom. The van der Waals surface area contributed by atoms with Crippen LogP contribution < -0.4 is 10.0 Å². The van der Waals surface area contributed by atoms with Crippen molar-refractivity contribution in [1.82, 2.24) is 0 Å². The lowest BCUT2D eigenvalue weighted by molar-refractivity contribution is 0.357. The molecule has 0 saturated heterocycles. The predicted octanol–water partition coefficient (Wildman–Crippen LogP) is 4.66. The molecule has 5 rings (SSSR count). The van der Waals surface area contributed by atoms with Gasteiger partial charge in [-0.25, -0.2) is 12.8 Å². The molecule has 2 N–H and O–H groups in total. The van der Waals surface area contributed by atoms with Crippen molar-refractivity contribution < 1.29 is 17.5 Å². The van der Waals surface area contributed by atoms with Gasteiger partial charge in [0, 0.05) is 11.1 Å². The molecule has 0 amide bonds. The first-order valence-corrected chi connectivity index (χ1v) is 12.0. The zero-order chi connectivity index (χ0) is 24.0. The highest BCUT2D eigenvalue weighted by Crippen LogP contribution is 2.51. The van der Waals surface area contributed by atoms with Gasteiger partial charge in [-0.15, -0.1) is 0 Å². The van der Waals surface area contributed by atoms with E-state index in [1.807, 2.05) is 37.3 Å². The van der Waals surface area contributed by atoms with E-state index in [4.69, 9.17) is 10.5 Å². The van der Waals surface area contributed by atoms with Crippen molar-refractivity contribution >= 4 is 21.5 Å². The van der Waals surface area contributed by atoms with E-state index in [0.717, 1.165) is 11.1 Å². The third kappa shape index (κ3) is 3.33. The number of rotatable bonds is 3. The number of nitrogens with zero attached hydrogens (tertiary/aromatic N) is 2. The van der Waals surface area contributed by atoms with Crippen LogP contribution in [0.3, 0.4) is 0 Å². The number of para-hydroxylation sites is 1. The molecule has 2 heterocycles. The molecule has 170 valence electrons. The molecule has 1 atom stereocenters. The summed E-state index contributed by atoms with van der Waals surface area (Å²) in [4.78, 5) is -0.199. The normalized spacial score (nSPS) is 18.6. The molecular weight excluding hydrogens is 453 g/mol. The average molecular weight is 474 g/mol. The number of ether oxygens (including phenoxy) is 1. The first kappa shape index (κ1) is 21.7. The second-order valence-electron chi connectivity index (χ2n) is 8.16. The van der Waals surface area contributed by atoms with E-state index >= 15 is 0 Å². The van der Waals surface area contributed by atoms with Crippen LogP contribution in [0.4, 0.5) is 10.1 Å². The zero-order valence-electron chi connectivity index (χ0n) is 18.2. The van der Waals surface area contributed by atoms with Gasteiger partial charge in [0.05, 0.1) is 18.2 Å². The maximum atomic E-state index is 15.0. The van der Waals surface area contributed by atoms with E-state index < -0.39 is 21.8 Å². The summed E-state index contributed by atoms with van der Waals surface area (Å²) in [7, 11) is -4.25. The van der Waals surface area contributed by atoms with Crippen LogP contribution in [0.25, 0.3) is 5.76 Å². The number of fused-ring (bicyclic) bond motifs is 2. The molecule has 34 heavy (non-hydrogen) atoms. The van der Waals surface area contributed by atoms with Gasteiger partial charge >= 0.3 is 0 Å². The summed E-state index contributed by atoms with van der Waals surface area (Å²) in [6, 6.07) is 22.2. The predicted molar refractivity (Wildman–Crippen MR) is 127 cm³/mol. The minimum absolute atomic E-state index is 0.0147. The molecule has 0 bridgehead atoms. The maximum Gasteiger partial charge on any atom is 0.265 e. The Morgan fingerprint density at radius 3 is 2.56 bits per heavy atom. The van der Waals surface area contributed by atoms with Crippen LogP contribution in [0, 0.1) is 24.1 Å². The Morgan fingerprint density at radius 1 is 1.09 bits per heavy atom.